The van der Waals surface area contributed by atoms with E-state index in [-0.39, 0.29) is 11.5 Å². The average Bonchev–Trinajstić information content (AvgIpc) is 2.46. The SMILES string of the molecule is NCC(Cc1ccc(C(=O)O)cc1)c1ccccc1Cl. The van der Waals surface area contributed by atoms with Gasteiger partial charge in [-0.2, -0.15) is 0 Å². The summed E-state index contributed by atoms with van der Waals surface area (Å²) in [5, 5.41) is 9.59. The van der Waals surface area contributed by atoms with E-state index >= 15 is 0 Å². The first-order valence-electron chi connectivity index (χ1n) is 6.38. The number of hydrogen-bond donors (Lipinski definition) is 2. The number of rotatable bonds is 5. The van der Waals surface area contributed by atoms with E-state index < -0.39 is 5.97 Å². The van der Waals surface area contributed by atoms with Gasteiger partial charge in [-0.05, 0) is 42.3 Å². The molecular formula is C16H16ClNO2. The normalized spacial score (nSPS) is 12.1. The number of aromatic carboxylic acids is 1. The molecule has 0 aliphatic heterocycles. The lowest BCUT2D eigenvalue weighted by atomic mass is 9.91. The van der Waals surface area contributed by atoms with Crippen LogP contribution >= 0.6 is 11.6 Å². The summed E-state index contributed by atoms with van der Waals surface area (Å²) in [5.41, 5.74) is 8.21. The lowest BCUT2D eigenvalue weighted by Gasteiger charge is -2.16. The minimum atomic E-state index is -0.918. The van der Waals surface area contributed by atoms with Gasteiger partial charge < -0.3 is 10.8 Å². The first kappa shape index (κ1) is 14.6. The predicted octanol–water partition coefficient (Wildman–Crippen LogP) is 3.32. The van der Waals surface area contributed by atoms with E-state index in [1.165, 1.54) is 0 Å². The molecule has 0 heterocycles. The Morgan fingerprint density at radius 2 is 1.80 bits per heavy atom. The van der Waals surface area contributed by atoms with Crippen molar-refractivity contribution in [1.82, 2.24) is 0 Å². The van der Waals surface area contributed by atoms with Gasteiger partial charge in [0.15, 0.2) is 0 Å². The van der Waals surface area contributed by atoms with Gasteiger partial charge in [-0.15, -0.1) is 0 Å². The van der Waals surface area contributed by atoms with Crippen LogP contribution in [0.25, 0.3) is 0 Å². The van der Waals surface area contributed by atoms with Crippen LogP contribution in [0.2, 0.25) is 5.02 Å². The maximum absolute atomic E-state index is 10.8. The molecule has 0 saturated carbocycles. The fourth-order valence-electron chi connectivity index (χ4n) is 2.19. The molecule has 2 aromatic rings. The summed E-state index contributed by atoms with van der Waals surface area (Å²) in [5.74, 6) is -0.794. The fourth-order valence-corrected chi connectivity index (χ4v) is 2.48. The molecule has 1 atom stereocenters. The van der Waals surface area contributed by atoms with E-state index in [0.29, 0.717) is 11.6 Å². The number of carboxylic acid groups (broad SMARTS) is 1. The van der Waals surface area contributed by atoms with Crippen LogP contribution in [0.4, 0.5) is 0 Å². The van der Waals surface area contributed by atoms with Crippen molar-refractivity contribution in [2.24, 2.45) is 5.73 Å². The second kappa shape index (κ2) is 6.55. The number of nitrogens with two attached hydrogens (primary N) is 1. The number of carbonyl (C=O) groups is 1. The molecule has 2 aromatic carbocycles. The quantitative estimate of drug-likeness (QED) is 0.887. The van der Waals surface area contributed by atoms with Gasteiger partial charge in [0.2, 0.25) is 0 Å². The zero-order valence-corrected chi connectivity index (χ0v) is 11.7. The van der Waals surface area contributed by atoms with Crippen LogP contribution in [0.1, 0.15) is 27.4 Å². The van der Waals surface area contributed by atoms with Gasteiger partial charge in [-0.1, -0.05) is 41.9 Å². The molecule has 0 bridgehead atoms. The maximum Gasteiger partial charge on any atom is 0.335 e. The predicted molar refractivity (Wildman–Crippen MR) is 80.4 cm³/mol. The highest BCUT2D eigenvalue weighted by atomic mass is 35.5. The topological polar surface area (TPSA) is 63.3 Å². The molecule has 0 aliphatic carbocycles. The third-order valence-electron chi connectivity index (χ3n) is 3.31. The summed E-state index contributed by atoms with van der Waals surface area (Å²) in [6, 6.07) is 14.5. The third-order valence-corrected chi connectivity index (χ3v) is 3.66. The second-order valence-electron chi connectivity index (χ2n) is 4.66. The van der Waals surface area contributed by atoms with Crippen LogP contribution in [0.15, 0.2) is 48.5 Å². The highest BCUT2D eigenvalue weighted by molar-refractivity contribution is 6.31. The average molecular weight is 290 g/mol. The van der Waals surface area contributed by atoms with Crippen LogP contribution in [0.3, 0.4) is 0 Å². The van der Waals surface area contributed by atoms with Gasteiger partial charge in [0.05, 0.1) is 5.56 Å². The third kappa shape index (κ3) is 3.38. The minimum Gasteiger partial charge on any atom is -0.478 e. The van der Waals surface area contributed by atoms with Crippen molar-refractivity contribution < 1.29 is 9.90 Å². The van der Waals surface area contributed by atoms with Gasteiger partial charge in [0, 0.05) is 10.9 Å². The molecule has 3 nitrogen and oxygen atoms in total. The Morgan fingerprint density at radius 1 is 1.15 bits per heavy atom. The van der Waals surface area contributed by atoms with Gasteiger partial charge in [0.25, 0.3) is 0 Å². The highest BCUT2D eigenvalue weighted by Crippen LogP contribution is 2.26. The molecule has 4 heteroatoms. The summed E-state index contributed by atoms with van der Waals surface area (Å²) >= 11 is 6.20. The molecule has 2 rings (SSSR count). The molecular weight excluding hydrogens is 274 g/mol. The molecule has 0 aliphatic rings. The number of halogens is 1. The first-order valence-corrected chi connectivity index (χ1v) is 6.76. The van der Waals surface area contributed by atoms with Crippen molar-refractivity contribution in [3.05, 3.63) is 70.2 Å². The molecule has 0 aromatic heterocycles. The molecule has 0 radical (unpaired) electrons. The zero-order chi connectivity index (χ0) is 14.5. The van der Waals surface area contributed by atoms with Gasteiger partial charge in [-0.25, -0.2) is 4.79 Å². The summed E-state index contributed by atoms with van der Waals surface area (Å²) in [7, 11) is 0. The standard InChI is InChI=1S/C16H16ClNO2/c17-15-4-2-1-3-14(15)13(10-18)9-11-5-7-12(8-6-11)16(19)20/h1-8,13H,9-10,18H2,(H,19,20). The Kier molecular flexibility index (Phi) is 4.77. The molecule has 3 N–H and O–H groups in total. The van der Waals surface area contributed by atoms with Crippen LogP contribution in [-0.2, 0) is 6.42 Å². The molecule has 0 spiro atoms. The van der Waals surface area contributed by atoms with Crippen LogP contribution in [-0.4, -0.2) is 17.6 Å². The summed E-state index contributed by atoms with van der Waals surface area (Å²) in [6.07, 6.45) is 0.736. The highest BCUT2D eigenvalue weighted by Gasteiger charge is 2.14. The Labute approximate surface area is 123 Å². The fraction of sp³-hybridized carbons (Fsp3) is 0.188. The van der Waals surface area contributed by atoms with Crippen molar-refractivity contribution in [1.29, 1.82) is 0 Å². The van der Waals surface area contributed by atoms with Crippen molar-refractivity contribution in [2.75, 3.05) is 6.54 Å². The van der Waals surface area contributed by atoms with E-state index in [4.69, 9.17) is 22.4 Å². The summed E-state index contributed by atoms with van der Waals surface area (Å²) < 4.78 is 0. The van der Waals surface area contributed by atoms with E-state index in [1.54, 1.807) is 12.1 Å². The zero-order valence-electron chi connectivity index (χ0n) is 10.9. The maximum atomic E-state index is 10.8. The molecule has 104 valence electrons. The largest absolute Gasteiger partial charge is 0.478 e. The van der Waals surface area contributed by atoms with E-state index in [9.17, 15) is 4.79 Å². The Hall–Kier alpha value is -1.84. The molecule has 0 saturated heterocycles. The Bertz CT molecular complexity index is 596. The first-order chi connectivity index (χ1) is 9.61. The second-order valence-corrected chi connectivity index (χ2v) is 5.07. The molecule has 0 amide bonds. The van der Waals surface area contributed by atoms with Gasteiger partial charge in [-0.3, -0.25) is 0 Å². The lowest BCUT2D eigenvalue weighted by Crippen LogP contribution is -2.15. The number of carboxylic acids is 1. The van der Waals surface area contributed by atoms with Gasteiger partial charge in [0.1, 0.15) is 0 Å². The number of hydrogen-bond acceptors (Lipinski definition) is 2. The summed E-state index contributed by atoms with van der Waals surface area (Å²) in [4.78, 5) is 10.8. The van der Waals surface area contributed by atoms with E-state index in [2.05, 4.69) is 0 Å². The molecule has 0 fully saturated rings. The van der Waals surface area contributed by atoms with E-state index in [0.717, 1.165) is 17.5 Å². The van der Waals surface area contributed by atoms with Crippen molar-refractivity contribution >= 4 is 17.6 Å². The van der Waals surface area contributed by atoms with Crippen LogP contribution in [0, 0.1) is 0 Å². The molecule has 1 unspecified atom stereocenters. The minimum absolute atomic E-state index is 0.124. The van der Waals surface area contributed by atoms with Gasteiger partial charge >= 0.3 is 5.97 Å². The van der Waals surface area contributed by atoms with Crippen molar-refractivity contribution in [2.45, 2.75) is 12.3 Å². The van der Waals surface area contributed by atoms with Crippen molar-refractivity contribution in [3.63, 3.8) is 0 Å². The molecule has 20 heavy (non-hydrogen) atoms. The van der Waals surface area contributed by atoms with Crippen molar-refractivity contribution in [3.8, 4) is 0 Å². The van der Waals surface area contributed by atoms with E-state index in [1.807, 2.05) is 36.4 Å². The Morgan fingerprint density at radius 3 is 2.35 bits per heavy atom. The smallest absolute Gasteiger partial charge is 0.335 e. The van der Waals surface area contributed by atoms with Crippen LogP contribution < -0.4 is 5.73 Å². The Balaban J connectivity index is 2.18. The summed E-state index contributed by atoms with van der Waals surface area (Å²) in [6.45, 7) is 0.490. The monoisotopic (exact) mass is 289 g/mol. The lowest BCUT2D eigenvalue weighted by molar-refractivity contribution is 0.0697. The number of benzene rings is 2. The van der Waals surface area contributed by atoms with Crippen LogP contribution in [0.5, 0.6) is 0 Å².